The Kier molecular flexibility index (Phi) is 7.08. The minimum Gasteiger partial charge on any atom is -0.348 e. The van der Waals surface area contributed by atoms with Crippen molar-refractivity contribution in [2.45, 2.75) is 25.9 Å². The maximum atomic E-state index is 12.9. The molecule has 1 heterocycles. The number of piperazine rings is 1. The summed E-state index contributed by atoms with van der Waals surface area (Å²) >= 11 is 0. The first-order chi connectivity index (χ1) is 9.56. The lowest BCUT2D eigenvalue weighted by molar-refractivity contribution is -0.123. The molecule has 0 spiro atoms. The summed E-state index contributed by atoms with van der Waals surface area (Å²) in [4.78, 5) is 14.2. The summed E-state index contributed by atoms with van der Waals surface area (Å²) in [6, 6.07) is 6.49. The average Bonchev–Trinajstić information content (AvgIpc) is 2.42. The smallest absolute Gasteiger partial charge is 0.234 e. The van der Waals surface area contributed by atoms with E-state index in [9.17, 15) is 9.18 Å². The maximum Gasteiger partial charge on any atom is 0.234 e. The monoisotopic (exact) mass is 315 g/mol. The number of nitrogens with one attached hydrogen (secondary N) is 2. The molecule has 2 unspecified atom stereocenters. The zero-order valence-corrected chi connectivity index (χ0v) is 13.3. The molecule has 6 heteroatoms. The van der Waals surface area contributed by atoms with Gasteiger partial charge in [-0.25, -0.2) is 4.39 Å². The van der Waals surface area contributed by atoms with Crippen LogP contribution < -0.4 is 10.6 Å². The lowest BCUT2D eigenvalue weighted by Crippen LogP contribution is -2.52. The average molecular weight is 316 g/mol. The summed E-state index contributed by atoms with van der Waals surface area (Å²) in [5.41, 5.74) is 0.910. The molecule has 1 amide bonds. The van der Waals surface area contributed by atoms with Gasteiger partial charge in [-0.15, -0.1) is 12.4 Å². The van der Waals surface area contributed by atoms with Crippen LogP contribution in [0.15, 0.2) is 24.3 Å². The van der Waals surface area contributed by atoms with E-state index >= 15 is 0 Å². The van der Waals surface area contributed by atoms with Crippen LogP contribution in [0.3, 0.4) is 0 Å². The van der Waals surface area contributed by atoms with E-state index in [-0.39, 0.29) is 30.2 Å². The molecule has 1 aromatic carbocycles. The standard InChI is InChI=1S/C15H22FN3O.ClH/c1-11-9-17-7-8-19(11)10-15(20)18-12(2)13-3-5-14(16)6-4-13;/h3-6,11-12,17H,7-10H2,1-2H3,(H,18,20);1H. The number of rotatable bonds is 4. The molecule has 0 aliphatic carbocycles. The lowest BCUT2D eigenvalue weighted by atomic mass is 10.1. The molecule has 0 bridgehead atoms. The molecule has 2 rings (SSSR count). The fourth-order valence-corrected chi connectivity index (χ4v) is 2.42. The van der Waals surface area contributed by atoms with Gasteiger partial charge in [-0.2, -0.15) is 0 Å². The lowest BCUT2D eigenvalue weighted by Gasteiger charge is -2.33. The highest BCUT2D eigenvalue weighted by atomic mass is 35.5. The number of carbonyl (C=O) groups excluding carboxylic acids is 1. The van der Waals surface area contributed by atoms with Gasteiger partial charge >= 0.3 is 0 Å². The highest BCUT2D eigenvalue weighted by Gasteiger charge is 2.21. The summed E-state index contributed by atoms with van der Waals surface area (Å²) in [5.74, 6) is -0.252. The molecule has 2 N–H and O–H groups in total. The quantitative estimate of drug-likeness (QED) is 0.889. The first kappa shape index (κ1) is 17.9. The third-order valence-electron chi connectivity index (χ3n) is 3.73. The number of nitrogens with zero attached hydrogens (tertiary/aromatic N) is 1. The second-order valence-electron chi connectivity index (χ2n) is 5.36. The molecule has 0 aromatic heterocycles. The van der Waals surface area contributed by atoms with E-state index in [1.54, 1.807) is 12.1 Å². The predicted octanol–water partition coefficient (Wildman–Crippen LogP) is 1.72. The Morgan fingerprint density at radius 1 is 1.48 bits per heavy atom. The van der Waals surface area contributed by atoms with Crippen molar-refractivity contribution in [1.82, 2.24) is 15.5 Å². The van der Waals surface area contributed by atoms with Gasteiger partial charge in [0.25, 0.3) is 0 Å². The summed E-state index contributed by atoms with van der Waals surface area (Å²) < 4.78 is 12.9. The van der Waals surface area contributed by atoms with Crippen LogP contribution in [-0.2, 0) is 4.79 Å². The Bertz CT molecular complexity index is 455. The number of amides is 1. The Morgan fingerprint density at radius 3 is 2.76 bits per heavy atom. The zero-order valence-electron chi connectivity index (χ0n) is 12.4. The maximum absolute atomic E-state index is 12.9. The molecule has 0 radical (unpaired) electrons. The summed E-state index contributed by atoms with van der Waals surface area (Å²) in [7, 11) is 0. The first-order valence-electron chi connectivity index (χ1n) is 7.06. The third kappa shape index (κ3) is 5.26. The molecule has 1 fully saturated rings. The van der Waals surface area contributed by atoms with Crippen molar-refractivity contribution in [3.8, 4) is 0 Å². The summed E-state index contributed by atoms with van der Waals surface area (Å²) in [6.07, 6.45) is 0. The van der Waals surface area contributed by atoms with Crippen LogP contribution in [-0.4, -0.2) is 43.0 Å². The SMILES string of the molecule is CC(NC(=O)CN1CCNCC1C)c1ccc(F)cc1.Cl. The Labute approximate surface area is 131 Å². The third-order valence-corrected chi connectivity index (χ3v) is 3.73. The van der Waals surface area contributed by atoms with E-state index in [2.05, 4.69) is 22.5 Å². The first-order valence-corrected chi connectivity index (χ1v) is 7.06. The largest absolute Gasteiger partial charge is 0.348 e. The van der Waals surface area contributed by atoms with Crippen LogP contribution in [0.2, 0.25) is 0 Å². The second kappa shape index (κ2) is 8.32. The fourth-order valence-electron chi connectivity index (χ4n) is 2.42. The number of hydrogen-bond acceptors (Lipinski definition) is 3. The topological polar surface area (TPSA) is 44.4 Å². The van der Waals surface area contributed by atoms with Gasteiger partial charge in [0.1, 0.15) is 5.82 Å². The van der Waals surface area contributed by atoms with E-state index in [1.807, 2.05) is 6.92 Å². The molecule has 21 heavy (non-hydrogen) atoms. The van der Waals surface area contributed by atoms with Gasteiger partial charge < -0.3 is 10.6 Å². The normalized spacial score (nSPS) is 20.4. The number of hydrogen-bond donors (Lipinski definition) is 2. The van der Waals surface area contributed by atoms with Gasteiger partial charge in [0, 0.05) is 25.7 Å². The highest BCUT2D eigenvalue weighted by molar-refractivity contribution is 5.85. The molecule has 118 valence electrons. The Balaban J connectivity index is 0.00000220. The van der Waals surface area contributed by atoms with Crippen molar-refractivity contribution >= 4 is 18.3 Å². The van der Waals surface area contributed by atoms with E-state index < -0.39 is 0 Å². The van der Waals surface area contributed by atoms with Crippen molar-refractivity contribution in [2.75, 3.05) is 26.2 Å². The summed E-state index contributed by atoms with van der Waals surface area (Å²) in [6.45, 7) is 7.16. The highest BCUT2D eigenvalue weighted by Crippen LogP contribution is 2.13. The van der Waals surface area contributed by atoms with Gasteiger partial charge in [-0.3, -0.25) is 9.69 Å². The molecular formula is C15H23ClFN3O. The van der Waals surface area contributed by atoms with Gasteiger partial charge in [-0.05, 0) is 31.5 Å². The molecule has 0 saturated carbocycles. The molecule has 1 saturated heterocycles. The minimum atomic E-state index is -0.262. The molecule has 1 aliphatic heterocycles. The number of carbonyl (C=O) groups is 1. The number of benzene rings is 1. The second-order valence-corrected chi connectivity index (χ2v) is 5.36. The van der Waals surface area contributed by atoms with Crippen molar-refractivity contribution in [1.29, 1.82) is 0 Å². The van der Waals surface area contributed by atoms with Crippen LogP contribution in [0, 0.1) is 5.82 Å². The van der Waals surface area contributed by atoms with E-state index in [4.69, 9.17) is 0 Å². The fraction of sp³-hybridized carbons (Fsp3) is 0.533. The van der Waals surface area contributed by atoms with Gasteiger partial charge in [0.2, 0.25) is 5.91 Å². The van der Waals surface area contributed by atoms with Crippen molar-refractivity contribution in [2.24, 2.45) is 0 Å². The molecule has 4 nitrogen and oxygen atoms in total. The van der Waals surface area contributed by atoms with Crippen LogP contribution >= 0.6 is 12.4 Å². The van der Waals surface area contributed by atoms with Gasteiger partial charge in [0.05, 0.1) is 12.6 Å². The predicted molar refractivity (Wildman–Crippen MR) is 84.1 cm³/mol. The summed E-state index contributed by atoms with van der Waals surface area (Å²) in [5, 5.41) is 6.26. The van der Waals surface area contributed by atoms with Crippen molar-refractivity contribution < 1.29 is 9.18 Å². The minimum absolute atomic E-state index is 0. The van der Waals surface area contributed by atoms with Crippen molar-refractivity contribution in [3.63, 3.8) is 0 Å². The van der Waals surface area contributed by atoms with Crippen LogP contribution in [0.4, 0.5) is 4.39 Å². The molecular weight excluding hydrogens is 293 g/mol. The molecule has 2 atom stereocenters. The Morgan fingerprint density at radius 2 is 2.14 bits per heavy atom. The molecule has 1 aromatic rings. The van der Waals surface area contributed by atoms with Gasteiger partial charge in [-0.1, -0.05) is 12.1 Å². The van der Waals surface area contributed by atoms with Crippen LogP contribution in [0.1, 0.15) is 25.5 Å². The van der Waals surface area contributed by atoms with E-state index in [0.717, 1.165) is 25.2 Å². The van der Waals surface area contributed by atoms with E-state index in [1.165, 1.54) is 12.1 Å². The van der Waals surface area contributed by atoms with Crippen LogP contribution in [0.25, 0.3) is 0 Å². The van der Waals surface area contributed by atoms with Gasteiger partial charge in [0.15, 0.2) is 0 Å². The zero-order chi connectivity index (χ0) is 14.5. The van der Waals surface area contributed by atoms with Crippen LogP contribution in [0.5, 0.6) is 0 Å². The van der Waals surface area contributed by atoms with E-state index in [0.29, 0.717) is 12.6 Å². The van der Waals surface area contributed by atoms with Crippen molar-refractivity contribution in [3.05, 3.63) is 35.6 Å². The Hall–Kier alpha value is -1.17. The number of halogens is 2. The molecule has 1 aliphatic rings.